The van der Waals surface area contributed by atoms with E-state index < -0.39 is 0 Å². The van der Waals surface area contributed by atoms with Gasteiger partial charge in [-0.1, -0.05) is 20.4 Å². The van der Waals surface area contributed by atoms with Crippen molar-refractivity contribution in [1.82, 2.24) is 24.3 Å². The number of carbonyl (C=O) groups is 1. The third-order valence-electron chi connectivity index (χ3n) is 7.61. The highest BCUT2D eigenvalue weighted by molar-refractivity contribution is 5.87. The van der Waals surface area contributed by atoms with Gasteiger partial charge in [0.2, 0.25) is 11.9 Å². The third kappa shape index (κ3) is 5.67. The summed E-state index contributed by atoms with van der Waals surface area (Å²) in [6.07, 6.45) is 3.12. The van der Waals surface area contributed by atoms with Crippen molar-refractivity contribution in [3.63, 3.8) is 0 Å². The number of amides is 1. The van der Waals surface area contributed by atoms with Crippen LogP contribution in [0.2, 0.25) is 0 Å². The summed E-state index contributed by atoms with van der Waals surface area (Å²) in [4.78, 5) is 39.6. The Labute approximate surface area is 235 Å². The number of rotatable bonds is 9. The highest BCUT2D eigenvalue weighted by Gasteiger charge is 2.29. The molecule has 1 aliphatic heterocycles. The van der Waals surface area contributed by atoms with Gasteiger partial charge in [0.25, 0.3) is 5.56 Å². The molecule has 4 rings (SSSR count). The van der Waals surface area contributed by atoms with Gasteiger partial charge in [0.05, 0.1) is 14.2 Å². The van der Waals surface area contributed by atoms with E-state index >= 15 is 0 Å². The monoisotopic (exact) mass is 548 g/mol. The number of aromatic nitrogens is 3. The molecular weight excluding hydrogens is 508 g/mol. The molecule has 0 saturated carbocycles. The molecule has 0 radical (unpaired) electrons. The lowest BCUT2D eigenvalue weighted by molar-refractivity contribution is -0.127. The molecule has 1 N–H and O–H groups in total. The maximum atomic E-state index is 14.3. The van der Waals surface area contributed by atoms with E-state index in [0.717, 1.165) is 41.7 Å². The van der Waals surface area contributed by atoms with Crippen molar-refractivity contribution in [2.75, 3.05) is 59.3 Å². The number of hydrogen-bond acceptors (Lipinski definition) is 8. The molecule has 1 aromatic carbocycles. The van der Waals surface area contributed by atoms with Crippen LogP contribution < -0.4 is 20.3 Å². The molecule has 1 amide bonds. The van der Waals surface area contributed by atoms with Gasteiger partial charge in [0.15, 0.2) is 0 Å². The van der Waals surface area contributed by atoms with Gasteiger partial charge in [-0.15, -0.1) is 0 Å². The van der Waals surface area contributed by atoms with Crippen LogP contribution in [0.15, 0.2) is 35.8 Å². The summed E-state index contributed by atoms with van der Waals surface area (Å²) >= 11 is 0. The number of piperazine rings is 1. The zero-order chi connectivity index (χ0) is 29.2. The van der Waals surface area contributed by atoms with Crippen LogP contribution in [0.1, 0.15) is 25.0 Å². The third-order valence-corrected chi connectivity index (χ3v) is 7.61. The second kappa shape index (κ2) is 11.7. The van der Waals surface area contributed by atoms with E-state index in [1.54, 1.807) is 32.0 Å². The molecule has 214 valence electrons. The number of benzene rings is 1. The zero-order valence-electron chi connectivity index (χ0n) is 24.6. The molecule has 1 saturated heterocycles. The molecule has 0 bridgehead atoms. The number of ether oxygens (including phenoxy) is 2. The van der Waals surface area contributed by atoms with Crippen molar-refractivity contribution in [3.8, 4) is 22.6 Å². The van der Waals surface area contributed by atoms with E-state index in [2.05, 4.69) is 35.6 Å². The van der Waals surface area contributed by atoms with Crippen LogP contribution in [-0.2, 0) is 11.3 Å². The van der Waals surface area contributed by atoms with Crippen molar-refractivity contribution in [2.45, 2.75) is 34.2 Å². The molecule has 10 heteroatoms. The number of anilines is 1. The summed E-state index contributed by atoms with van der Waals surface area (Å²) in [5, 5.41) is 3.75. The first-order valence-corrected chi connectivity index (χ1v) is 13.5. The van der Waals surface area contributed by atoms with E-state index in [0.29, 0.717) is 48.3 Å². The van der Waals surface area contributed by atoms with E-state index in [-0.39, 0.29) is 16.9 Å². The summed E-state index contributed by atoms with van der Waals surface area (Å²) in [6.45, 7) is 15.9. The van der Waals surface area contributed by atoms with Gasteiger partial charge in [-0.3, -0.25) is 19.1 Å². The maximum absolute atomic E-state index is 14.3. The van der Waals surface area contributed by atoms with Gasteiger partial charge >= 0.3 is 0 Å². The second-order valence-corrected chi connectivity index (χ2v) is 11.0. The Balaban J connectivity index is 1.79. The summed E-state index contributed by atoms with van der Waals surface area (Å²) in [6, 6.07) is 3.71. The molecule has 1 aliphatic rings. The molecule has 0 spiro atoms. The molecule has 0 unspecified atom stereocenters. The van der Waals surface area contributed by atoms with Crippen LogP contribution in [-0.4, -0.2) is 84.2 Å². The summed E-state index contributed by atoms with van der Waals surface area (Å²) in [5.41, 5.74) is 3.23. The summed E-state index contributed by atoms with van der Waals surface area (Å²) in [7, 11) is 4.98. The highest BCUT2D eigenvalue weighted by Crippen LogP contribution is 2.38. The fourth-order valence-corrected chi connectivity index (χ4v) is 5.64. The normalized spacial score (nSPS) is 14.3. The maximum Gasteiger partial charge on any atom is 0.260 e. The molecule has 1 fully saturated rings. The Bertz CT molecular complexity index is 1460. The van der Waals surface area contributed by atoms with Gasteiger partial charge in [-0.2, -0.15) is 4.98 Å². The van der Waals surface area contributed by atoms with Crippen LogP contribution in [0.4, 0.5) is 5.95 Å². The lowest BCUT2D eigenvalue weighted by atomic mass is 9.91. The van der Waals surface area contributed by atoms with Gasteiger partial charge in [0.1, 0.15) is 17.1 Å². The van der Waals surface area contributed by atoms with Crippen molar-refractivity contribution >= 4 is 22.9 Å². The average Bonchev–Trinajstić information content (AvgIpc) is 2.94. The Morgan fingerprint density at radius 2 is 1.70 bits per heavy atom. The minimum Gasteiger partial charge on any atom is -0.496 e. The zero-order valence-corrected chi connectivity index (χ0v) is 24.6. The summed E-state index contributed by atoms with van der Waals surface area (Å²) < 4.78 is 13.0. The molecule has 0 atom stereocenters. The van der Waals surface area contributed by atoms with E-state index in [4.69, 9.17) is 14.5 Å². The molecular formula is C30H40N6O4. The standard InChI is InChI=1S/C30H40N6O4/c1-9-25(37)35-12-10-34(11-13-35)17-30(4,5)18-36-27-21(16-32-29(31-6)33-27)14-22(28(36)38)26-19(2)23(39-7)15-24(40-8)20(26)3/h9,14-16H,1,10-13,17-18H2,2-8H3,(H,31,32,33). The largest absolute Gasteiger partial charge is 0.496 e. The molecule has 2 aromatic heterocycles. The number of hydrogen-bond donors (Lipinski definition) is 1. The quantitative estimate of drug-likeness (QED) is 0.406. The Kier molecular flexibility index (Phi) is 8.48. The lowest BCUT2D eigenvalue weighted by Crippen LogP contribution is -2.51. The highest BCUT2D eigenvalue weighted by atomic mass is 16.5. The van der Waals surface area contributed by atoms with Crippen LogP contribution in [0.5, 0.6) is 11.5 Å². The fourth-order valence-electron chi connectivity index (χ4n) is 5.64. The topological polar surface area (TPSA) is 102 Å². The Morgan fingerprint density at radius 3 is 2.25 bits per heavy atom. The van der Waals surface area contributed by atoms with Crippen molar-refractivity contribution in [1.29, 1.82) is 0 Å². The Morgan fingerprint density at radius 1 is 1.07 bits per heavy atom. The van der Waals surface area contributed by atoms with Gasteiger partial charge in [0, 0.05) is 75.1 Å². The summed E-state index contributed by atoms with van der Waals surface area (Å²) in [5.74, 6) is 1.72. The van der Waals surface area contributed by atoms with Gasteiger partial charge < -0.3 is 19.7 Å². The first-order chi connectivity index (χ1) is 19.0. The number of pyridine rings is 1. The molecule has 0 aliphatic carbocycles. The molecule has 10 nitrogen and oxygen atoms in total. The first-order valence-electron chi connectivity index (χ1n) is 13.5. The average molecular weight is 549 g/mol. The number of nitrogens with zero attached hydrogens (tertiary/aromatic N) is 5. The fraction of sp³-hybridized carbons (Fsp3) is 0.467. The van der Waals surface area contributed by atoms with Crippen molar-refractivity contribution < 1.29 is 14.3 Å². The van der Waals surface area contributed by atoms with E-state index in [1.807, 2.05) is 30.9 Å². The molecule has 3 heterocycles. The number of nitrogens with one attached hydrogen (secondary N) is 1. The minimum absolute atomic E-state index is 0.0338. The van der Waals surface area contributed by atoms with E-state index in [1.165, 1.54) is 6.08 Å². The SMILES string of the molecule is C=CC(=O)N1CCN(CC(C)(C)Cn2c(=O)c(-c3c(C)c(OC)cc(OC)c3C)cc3cnc(NC)nc32)CC1. The Hall–Kier alpha value is -3.92. The predicted molar refractivity (Wildman–Crippen MR) is 158 cm³/mol. The van der Waals surface area contributed by atoms with Crippen LogP contribution in [0.25, 0.3) is 22.2 Å². The number of methoxy groups -OCH3 is 2. The first kappa shape index (κ1) is 29.1. The molecule has 3 aromatic rings. The van der Waals surface area contributed by atoms with E-state index in [9.17, 15) is 9.59 Å². The lowest BCUT2D eigenvalue weighted by Gasteiger charge is -2.39. The molecule has 40 heavy (non-hydrogen) atoms. The van der Waals surface area contributed by atoms with Crippen molar-refractivity contribution in [3.05, 3.63) is 52.5 Å². The van der Waals surface area contributed by atoms with Crippen LogP contribution in [0.3, 0.4) is 0 Å². The predicted octanol–water partition coefficient (Wildman–Crippen LogP) is 3.49. The van der Waals surface area contributed by atoms with Crippen LogP contribution >= 0.6 is 0 Å². The number of fused-ring (bicyclic) bond motifs is 1. The second-order valence-electron chi connectivity index (χ2n) is 11.0. The van der Waals surface area contributed by atoms with Crippen molar-refractivity contribution in [2.24, 2.45) is 5.41 Å². The minimum atomic E-state index is -0.277. The van der Waals surface area contributed by atoms with Crippen LogP contribution in [0, 0.1) is 19.3 Å². The van der Waals surface area contributed by atoms with Gasteiger partial charge in [-0.05, 0) is 42.5 Å². The number of carbonyl (C=O) groups excluding carboxylic acids is 1. The van der Waals surface area contributed by atoms with Gasteiger partial charge in [-0.25, -0.2) is 4.98 Å². The smallest absolute Gasteiger partial charge is 0.260 e.